The smallest absolute Gasteiger partial charge is 0.273 e. The van der Waals surface area contributed by atoms with Crippen LogP contribution in [0.25, 0.3) is 0 Å². The maximum Gasteiger partial charge on any atom is 0.273 e. The van der Waals surface area contributed by atoms with Crippen molar-refractivity contribution >= 4 is 11.6 Å². The monoisotopic (exact) mass is 309 g/mol. The number of rotatable bonds is 5. The summed E-state index contributed by atoms with van der Waals surface area (Å²) in [6, 6.07) is 14.6. The lowest BCUT2D eigenvalue weighted by molar-refractivity contribution is -0.117. The molecule has 2 heterocycles. The number of Topliss-reactive ketones (excluding diaryl/α,β-unsaturated/α-hetero) is 2. The third-order valence-corrected chi connectivity index (χ3v) is 3.38. The van der Waals surface area contributed by atoms with Crippen LogP contribution < -0.4 is 0 Å². The molecule has 0 fully saturated rings. The lowest BCUT2D eigenvalue weighted by Gasteiger charge is -2.11. The number of allylic oxidation sites excluding steroid dienone is 1. The van der Waals surface area contributed by atoms with Gasteiger partial charge in [0.2, 0.25) is 12.0 Å². The molecule has 5 heteroatoms. The normalized spacial score (nSPS) is 16.2. The van der Waals surface area contributed by atoms with Gasteiger partial charge in [0.1, 0.15) is 12.0 Å². The van der Waals surface area contributed by atoms with Gasteiger partial charge in [0.05, 0.1) is 0 Å². The number of aromatic nitrogens is 1. The predicted molar refractivity (Wildman–Crippen MR) is 82.5 cm³/mol. The van der Waals surface area contributed by atoms with Crippen molar-refractivity contribution in [1.82, 2.24) is 4.98 Å². The second-order valence-electron chi connectivity index (χ2n) is 5.18. The molecule has 23 heavy (non-hydrogen) atoms. The molecule has 0 bridgehead atoms. The van der Waals surface area contributed by atoms with Crippen LogP contribution in [0.3, 0.4) is 0 Å². The lowest BCUT2D eigenvalue weighted by atomic mass is 10.1. The third kappa shape index (κ3) is 3.45. The zero-order valence-corrected chi connectivity index (χ0v) is 12.6. The Labute approximate surface area is 133 Å². The molecule has 5 nitrogen and oxygen atoms in total. The fourth-order valence-electron chi connectivity index (χ4n) is 2.24. The quantitative estimate of drug-likeness (QED) is 0.627. The van der Waals surface area contributed by atoms with Crippen molar-refractivity contribution in [2.45, 2.75) is 19.6 Å². The molecule has 1 unspecified atom stereocenters. The molecule has 0 aliphatic carbocycles. The Kier molecular flexibility index (Phi) is 4.19. The summed E-state index contributed by atoms with van der Waals surface area (Å²) in [6.45, 7) is 1.76. The van der Waals surface area contributed by atoms with Crippen LogP contribution in [-0.2, 0) is 20.7 Å². The Morgan fingerprint density at radius 3 is 2.57 bits per heavy atom. The van der Waals surface area contributed by atoms with Crippen molar-refractivity contribution < 1.29 is 19.1 Å². The highest BCUT2D eigenvalue weighted by atomic mass is 16.7. The number of carbonyl (C=O) groups excluding carboxylic acids is 2. The maximum absolute atomic E-state index is 12.2. The van der Waals surface area contributed by atoms with E-state index in [-0.39, 0.29) is 11.5 Å². The molecular formula is C18H15NO4. The molecule has 0 N–H and O–H groups in total. The summed E-state index contributed by atoms with van der Waals surface area (Å²) in [5, 5.41) is 0. The van der Waals surface area contributed by atoms with E-state index in [0.29, 0.717) is 12.1 Å². The molecule has 0 saturated heterocycles. The minimum atomic E-state index is -0.751. The number of aryl methyl sites for hydroxylation is 1. The third-order valence-electron chi connectivity index (χ3n) is 3.38. The van der Waals surface area contributed by atoms with Crippen molar-refractivity contribution in [1.29, 1.82) is 0 Å². The van der Waals surface area contributed by atoms with Crippen molar-refractivity contribution in [2.24, 2.45) is 0 Å². The minimum absolute atomic E-state index is 0.0840. The molecule has 116 valence electrons. The van der Waals surface area contributed by atoms with Crippen LogP contribution in [-0.4, -0.2) is 22.8 Å². The highest BCUT2D eigenvalue weighted by Gasteiger charge is 2.30. The number of benzene rings is 1. The fraction of sp³-hybridized carbons (Fsp3) is 0.167. The largest absolute Gasteiger partial charge is 0.458 e. The van der Waals surface area contributed by atoms with Crippen molar-refractivity contribution in [3.8, 4) is 0 Å². The van der Waals surface area contributed by atoms with Gasteiger partial charge in [-0.25, -0.2) is 4.98 Å². The van der Waals surface area contributed by atoms with E-state index in [1.165, 1.54) is 12.3 Å². The van der Waals surface area contributed by atoms with E-state index in [1.54, 1.807) is 19.1 Å². The van der Waals surface area contributed by atoms with Gasteiger partial charge < -0.3 is 9.47 Å². The van der Waals surface area contributed by atoms with E-state index in [9.17, 15) is 9.59 Å². The van der Waals surface area contributed by atoms with Crippen LogP contribution in [0.15, 0.2) is 60.6 Å². The molecule has 1 atom stereocenters. The number of ketones is 2. The molecule has 1 aromatic heterocycles. The molecule has 2 aromatic rings. The molecule has 0 spiro atoms. The topological polar surface area (TPSA) is 65.5 Å². The summed E-state index contributed by atoms with van der Waals surface area (Å²) >= 11 is 0. The molecule has 1 aliphatic heterocycles. The zero-order chi connectivity index (χ0) is 16.2. The van der Waals surface area contributed by atoms with Crippen LogP contribution in [0.5, 0.6) is 0 Å². The summed E-state index contributed by atoms with van der Waals surface area (Å²) in [7, 11) is 0. The Morgan fingerprint density at radius 2 is 1.83 bits per heavy atom. The minimum Gasteiger partial charge on any atom is -0.458 e. The van der Waals surface area contributed by atoms with E-state index < -0.39 is 17.9 Å². The first-order valence-electron chi connectivity index (χ1n) is 7.22. The van der Waals surface area contributed by atoms with Gasteiger partial charge in [-0.05, 0) is 24.6 Å². The predicted octanol–water partition coefficient (Wildman–Crippen LogP) is 2.60. The summed E-state index contributed by atoms with van der Waals surface area (Å²) in [4.78, 5) is 28.4. The van der Waals surface area contributed by atoms with Gasteiger partial charge >= 0.3 is 0 Å². The van der Waals surface area contributed by atoms with Crippen LogP contribution in [0.4, 0.5) is 0 Å². The van der Waals surface area contributed by atoms with E-state index in [2.05, 4.69) is 4.98 Å². The second-order valence-corrected chi connectivity index (χ2v) is 5.18. The number of hydrogen-bond acceptors (Lipinski definition) is 5. The van der Waals surface area contributed by atoms with Crippen molar-refractivity contribution in [3.05, 3.63) is 77.5 Å². The molecule has 0 saturated carbocycles. The summed E-state index contributed by atoms with van der Waals surface area (Å²) in [5.74, 6) is -1.54. The average molecular weight is 309 g/mol. The van der Waals surface area contributed by atoms with Gasteiger partial charge in [-0.1, -0.05) is 36.4 Å². The number of nitrogens with zero attached hydrogens (tertiary/aromatic N) is 1. The van der Waals surface area contributed by atoms with Gasteiger partial charge in [0.25, 0.3) is 11.6 Å². The molecule has 3 rings (SSSR count). The number of pyridine rings is 1. The van der Waals surface area contributed by atoms with Gasteiger partial charge in [-0.2, -0.15) is 0 Å². The second kappa shape index (κ2) is 6.44. The fourth-order valence-corrected chi connectivity index (χ4v) is 2.24. The average Bonchev–Trinajstić information content (AvgIpc) is 3.03. The van der Waals surface area contributed by atoms with Crippen molar-refractivity contribution in [2.75, 3.05) is 0 Å². The molecular weight excluding hydrogens is 294 g/mol. The van der Waals surface area contributed by atoms with Crippen LogP contribution >= 0.6 is 0 Å². The SMILES string of the molecule is Cc1cccc(C(=O)C(=O)C2=COC(Cc3ccccc3)O2)n1. The van der Waals surface area contributed by atoms with Crippen LogP contribution in [0.1, 0.15) is 21.7 Å². The number of carbonyl (C=O) groups is 2. The summed E-state index contributed by atoms with van der Waals surface area (Å²) in [6.07, 6.45) is 1.09. The van der Waals surface area contributed by atoms with Gasteiger partial charge in [0, 0.05) is 12.1 Å². The maximum atomic E-state index is 12.2. The first-order chi connectivity index (χ1) is 11.1. The molecule has 1 aromatic carbocycles. The zero-order valence-electron chi connectivity index (χ0n) is 12.6. The van der Waals surface area contributed by atoms with Crippen LogP contribution in [0.2, 0.25) is 0 Å². The first-order valence-corrected chi connectivity index (χ1v) is 7.22. The van der Waals surface area contributed by atoms with Crippen molar-refractivity contribution in [3.63, 3.8) is 0 Å². The number of ether oxygens (including phenoxy) is 2. The Bertz CT molecular complexity index is 768. The Balaban J connectivity index is 1.64. The number of hydrogen-bond donors (Lipinski definition) is 0. The standard InChI is InChI=1S/C18H15NO4/c1-12-6-5-9-14(19-12)17(20)18(21)15-11-22-16(23-15)10-13-7-3-2-4-8-13/h2-9,11,16H,10H2,1H3. The Morgan fingerprint density at radius 1 is 1.04 bits per heavy atom. The van der Waals surface area contributed by atoms with E-state index in [4.69, 9.17) is 9.47 Å². The van der Waals surface area contributed by atoms with E-state index in [0.717, 1.165) is 5.56 Å². The highest BCUT2D eigenvalue weighted by molar-refractivity contribution is 6.48. The molecule has 0 radical (unpaired) electrons. The highest BCUT2D eigenvalue weighted by Crippen LogP contribution is 2.20. The summed E-state index contributed by atoms with van der Waals surface area (Å²) < 4.78 is 10.8. The van der Waals surface area contributed by atoms with Gasteiger partial charge in [0.15, 0.2) is 0 Å². The Hall–Kier alpha value is -2.95. The van der Waals surface area contributed by atoms with E-state index >= 15 is 0 Å². The molecule has 0 amide bonds. The van der Waals surface area contributed by atoms with E-state index in [1.807, 2.05) is 30.3 Å². The molecule has 1 aliphatic rings. The van der Waals surface area contributed by atoms with Gasteiger partial charge in [-0.3, -0.25) is 9.59 Å². The van der Waals surface area contributed by atoms with Gasteiger partial charge in [-0.15, -0.1) is 0 Å². The summed E-state index contributed by atoms with van der Waals surface area (Å²) in [5.41, 5.74) is 1.79. The lowest BCUT2D eigenvalue weighted by Crippen LogP contribution is -2.20. The first kappa shape index (κ1) is 15.0. The van der Waals surface area contributed by atoms with Crippen LogP contribution in [0, 0.1) is 6.92 Å².